The molecule has 4 nitrogen and oxygen atoms in total. The number of aliphatic hydroxyl groups is 1. The number of carbonyl (C=O) groups is 1. The van der Waals surface area contributed by atoms with E-state index >= 15 is 0 Å². The molecule has 148 valence electrons. The summed E-state index contributed by atoms with van der Waals surface area (Å²) in [5, 5.41) is 21.4. The predicted molar refractivity (Wildman–Crippen MR) is 102 cm³/mol. The topological polar surface area (TPSA) is 74.6 Å². The minimum atomic E-state index is -0.876. The Bertz CT molecular complexity index is 636. The van der Waals surface area contributed by atoms with Crippen molar-refractivity contribution >= 4 is 16.8 Å². The van der Waals surface area contributed by atoms with E-state index in [1.165, 1.54) is 0 Å². The van der Waals surface area contributed by atoms with Gasteiger partial charge < -0.3 is 10.2 Å². The fourth-order valence-electron chi connectivity index (χ4n) is 8.23. The molecule has 0 aromatic rings. The molecule has 0 aliphatic heterocycles. The molecule has 5 fully saturated rings. The van der Waals surface area contributed by atoms with Gasteiger partial charge in [0.05, 0.1) is 11.5 Å². The Morgan fingerprint density at radius 2 is 1.81 bits per heavy atom. The second kappa shape index (κ2) is 6.04. The molecule has 9 atom stereocenters. The fraction of sp³-hybridized carbons (Fsp3) is 0.952. The fourth-order valence-corrected chi connectivity index (χ4v) is 9.23. The molecule has 0 aromatic carbocycles. The average molecular weight is 383 g/mol. The number of hydrogen-bond donors (Lipinski definition) is 2. The molecule has 0 radical (unpaired) electrons. The van der Waals surface area contributed by atoms with Crippen LogP contribution in [0.5, 0.6) is 0 Å². The molecular formula is C21H34O4S. The molecule has 0 saturated heterocycles. The van der Waals surface area contributed by atoms with Crippen LogP contribution in [0.3, 0.4) is 0 Å². The van der Waals surface area contributed by atoms with Crippen molar-refractivity contribution in [3.8, 4) is 0 Å². The van der Waals surface area contributed by atoms with Gasteiger partial charge in [0.15, 0.2) is 0 Å². The average Bonchev–Trinajstić information content (AvgIpc) is 2.57. The lowest BCUT2D eigenvalue weighted by atomic mass is 9.35. The summed E-state index contributed by atoms with van der Waals surface area (Å²) in [5.74, 6) is 1.23. The van der Waals surface area contributed by atoms with Crippen molar-refractivity contribution in [2.45, 2.75) is 71.3 Å². The van der Waals surface area contributed by atoms with Crippen LogP contribution < -0.4 is 0 Å². The Hall–Kier alpha value is -0.420. The van der Waals surface area contributed by atoms with Crippen LogP contribution in [0.4, 0.5) is 0 Å². The van der Waals surface area contributed by atoms with Gasteiger partial charge in [-0.2, -0.15) is 0 Å². The van der Waals surface area contributed by atoms with Crippen molar-refractivity contribution in [1.29, 1.82) is 0 Å². The van der Waals surface area contributed by atoms with E-state index in [1.54, 1.807) is 6.26 Å². The molecule has 5 aliphatic carbocycles. The summed E-state index contributed by atoms with van der Waals surface area (Å²) in [6.45, 7) is 4.31. The lowest BCUT2D eigenvalue weighted by Gasteiger charge is -2.69. The van der Waals surface area contributed by atoms with Crippen LogP contribution in [0.15, 0.2) is 0 Å². The summed E-state index contributed by atoms with van der Waals surface area (Å²) in [6.07, 6.45) is 9.42. The number of carboxylic acids is 1. The van der Waals surface area contributed by atoms with Crippen molar-refractivity contribution in [2.75, 3.05) is 12.0 Å². The van der Waals surface area contributed by atoms with Crippen LogP contribution in [-0.4, -0.2) is 38.5 Å². The number of carboxylic acid groups (broad SMARTS) is 1. The summed E-state index contributed by atoms with van der Waals surface area (Å²) in [4.78, 5) is 12.1. The molecule has 1 spiro atoms. The normalized spacial score (nSPS) is 54.2. The Kier molecular flexibility index (Phi) is 4.39. The molecule has 0 aromatic heterocycles. The van der Waals surface area contributed by atoms with Gasteiger partial charge in [-0.1, -0.05) is 13.3 Å². The third kappa shape index (κ3) is 2.35. The van der Waals surface area contributed by atoms with Gasteiger partial charge in [-0.15, -0.1) is 0 Å². The van der Waals surface area contributed by atoms with Gasteiger partial charge in [0, 0.05) is 22.8 Å². The van der Waals surface area contributed by atoms with Crippen LogP contribution in [0, 0.1) is 39.9 Å². The van der Waals surface area contributed by atoms with Gasteiger partial charge in [-0.05, 0) is 86.4 Å². The van der Waals surface area contributed by atoms with Gasteiger partial charge in [0.2, 0.25) is 0 Å². The van der Waals surface area contributed by atoms with E-state index in [9.17, 15) is 19.2 Å². The zero-order valence-electron chi connectivity index (χ0n) is 16.4. The second-order valence-electron chi connectivity index (χ2n) is 10.3. The summed E-state index contributed by atoms with van der Waals surface area (Å²) >= 11 is 0. The number of fused-ring (bicyclic) bond motifs is 3. The van der Waals surface area contributed by atoms with Gasteiger partial charge in [-0.3, -0.25) is 9.00 Å². The maximum Gasteiger partial charge on any atom is 0.309 e. The molecular weight excluding hydrogens is 348 g/mol. The zero-order valence-corrected chi connectivity index (χ0v) is 17.2. The van der Waals surface area contributed by atoms with Crippen molar-refractivity contribution in [3.05, 3.63) is 0 Å². The first-order valence-electron chi connectivity index (χ1n) is 10.4. The highest BCUT2D eigenvalue weighted by Crippen LogP contribution is 2.72. The van der Waals surface area contributed by atoms with Crippen molar-refractivity contribution in [3.63, 3.8) is 0 Å². The van der Waals surface area contributed by atoms with Gasteiger partial charge in [0.25, 0.3) is 0 Å². The molecule has 5 saturated carbocycles. The summed E-state index contributed by atoms with van der Waals surface area (Å²) in [6, 6.07) is 0. The van der Waals surface area contributed by atoms with Crippen LogP contribution in [-0.2, 0) is 15.6 Å². The molecule has 0 unspecified atom stereocenters. The monoisotopic (exact) mass is 382 g/mol. The predicted octanol–water partition coefficient (Wildman–Crippen LogP) is 3.45. The minimum Gasteiger partial charge on any atom is -0.481 e. The third-order valence-corrected chi connectivity index (χ3v) is 10.3. The summed E-state index contributed by atoms with van der Waals surface area (Å²) in [7, 11) is -0.876. The largest absolute Gasteiger partial charge is 0.481 e. The second-order valence-corrected chi connectivity index (χ2v) is 11.8. The first kappa shape index (κ1) is 18.9. The summed E-state index contributed by atoms with van der Waals surface area (Å²) in [5.41, 5.74) is -0.680. The standard InChI is InChI=1S/C21H34O4S/c1-19-7-4-8-20(2,18(23)24)15(19)6-10-21-9-5-13(11-16(19)21)14(17(21)22)12-26(3)25/h13-17,22H,4-12H2,1-3H3,(H,23,24)/t13-,14-,15-,16-,17+,19+,20-,21-,26-/m0/s1. The lowest BCUT2D eigenvalue weighted by molar-refractivity contribution is -0.241. The van der Waals surface area contributed by atoms with Crippen molar-refractivity contribution in [1.82, 2.24) is 0 Å². The number of hydrogen-bond acceptors (Lipinski definition) is 3. The molecule has 5 aliphatic rings. The van der Waals surface area contributed by atoms with Crippen LogP contribution >= 0.6 is 0 Å². The quantitative estimate of drug-likeness (QED) is 0.784. The maximum absolute atomic E-state index is 12.1. The van der Waals surface area contributed by atoms with Crippen molar-refractivity contribution < 1.29 is 19.2 Å². The van der Waals surface area contributed by atoms with E-state index in [1.807, 2.05) is 6.92 Å². The molecule has 2 bridgehead atoms. The van der Waals surface area contributed by atoms with Gasteiger partial charge in [0.1, 0.15) is 0 Å². The highest BCUT2D eigenvalue weighted by molar-refractivity contribution is 7.84. The molecule has 5 rings (SSSR count). The van der Waals surface area contributed by atoms with Crippen molar-refractivity contribution in [2.24, 2.45) is 39.9 Å². The van der Waals surface area contributed by atoms with Crippen LogP contribution in [0.1, 0.15) is 65.2 Å². The molecule has 5 heteroatoms. The van der Waals surface area contributed by atoms with Crippen LogP contribution in [0.2, 0.25) is 0 Å². The Morgan fingerprint density at radius 3 is 2.46 bits per heavy atom. The van der Waals surface area contributed by atoms with E-state index in [0.29, 0.717) is 17.6 Å². The maximum atomic E-state index is 12.1. The zero-order chi connectivity index (χ0) is 18.9. The Labute approximate surface area is 159 Å². The minimum absolute atomic E-state index is 0.0135. The number of aliphatic hydroxyl groups excluding tert-OH is 1. The smallest absolute Gasteiger partial charge is 0.309 e. The Balaban J connectivity index is 1.71. The number of aliphatic carboxylic acids is 1. The SMILES string of the molecule is C[S@](=O)C[C@H]1[C@H]2CC[C@@]3(CC[C@H]4[C@@](C)(CCC[C@]4(C)C(=O)O)[C@@H]3C2)[C@@H]1O. The first-order chi connectivity index (χ1) is 12.1. The summed E-state index contributed by atoms with van der Waals surface area (Å²) < 4.78 is 11.9. The van der Waals surface area contributed by atoms with Gasteiger partial charge >= 0.3 is 5.97 Å². The van der Waals surface area contributed by atoms with E-state index in [2.05, 4.69) is 6.92 Å². The van der Waals surface area contributed by atoms with E-state index in [4.69, 9.17) is 0 Å². The number of rotatable bonds is 3. The van der Waals surface area contributed by atoms with Gasteiger partial charge in [-0.25, -0.2) is 0 Å². The molecule has 2 N–H and O–H groups in total. The molecule has 0 amide bonds. The van der Waals surface area contributed by atoms with E-state index in [0.717, 1.165) is 51.4 Å². The molecule has 26 heavy (non-hydrogen) atoms. The highest BCUT2D eigenvalue weighted by Gasteiger charge is 2.68. The lowest BCUT2D eigenvalue weighted by Crippen LogP contribution is -2.67. The third-order valence-electron chi connectivity index (χ3n) is 9.40. The van der Waals surface area contributed by atoms with E-state index in [-0.39, 0.29) is 28.8 Å². The Morgan fingerprint density at radius 1 is 1.12 bits per heavy atom. The first-order valence-corrected chi connectivity index (χ1v) is 12.1. The molecule has 0 heterocycles. The highest BCUT2D eigenvalue weighted by atomic mass is 32.2. The van der Waals surface area contributed by atoms with E-state index < -0.39 is 22.2 Å². The van der Waals surface area contributed by atoms with Crippen LogP contribution in [0.25, 0.3) is 0 Å².